The Balaban J connectivity index is 1.30. The molecule has 1 aliphatic heterocycles. The van der Waals surface area contributed by atoms with Crippen molar-refractivity contribution in [3.8, 4) is 22.6 Å². The second-order valence-electron chi connectivity index (χ2n) is 8.61. The summed E-state index contributed by atoms with van der Waals surface area (Å²) in [5, 5.41) is 1.07. The van der Waals surface area contributed by atoms with E-state index in [-0.39, 0.29) is 5.91 Å². The molecule has 2 aromatic carbocycles. The van der Waals surface area contributed by atoms with Gasteiger partial charge in [0.05, 0.1) is 6.20 Å². The maximum atomic E-state index is 12.9. The summed E-state index contributed by atoms with van der Waals surface area (Å²) in [5.41, 5.74) is 5.46. The minimum Gasteiger partial charge on any atom is -0.454 e. The van der Waals surface area contributed by atoms with Crippen molar-refractivity contribution in [1.82, 2.24) is 19.2 Å². The minimum atomic E-state index is 0.104. The molecule has 1 aliphatic rings. The lowest BCUT2D eigenvalue weighted by Crippen LogP contribution is -2.47. The first-order valence-corrected chi connectivity index (χ1v) is 11.2. The molecular weight excluding hydrogens is 412 g/mol. The summed E-state index contributed by atoms with van der Waals surface area (Å²) in [6.45, 7) is 3.39. The smallest absolute Gasteiger partial charge is 0.253 e. The van der Waals surface area contributed by atoms with Crippen LogP contribution in [-0.4, -0.2) is 58.3 Å². The van der Waals surface area contributed by atoms with Crippen LogP contribution in [-0.2, 0) is 0 Å². The van der Waals surface area contributed by atoms with E-state index in [1.807, 2.05) is 71.8 Å². The van der Waals surface area contributed by atoms with Crippen molar-refractivity contribution in [3.63, 3.8) is 0 Å². The number of hydrogen-bond acceptors (Lipinski definition) is 4. The third-order valence-electron chi connectivity index (χ3n) is 6.44. The maximum absolute atomic E-state index is 12.9. The predicted octanol–water partition coefficient (Wildman–Crippen LogP) is 4.80. The molecule has 5 aromatic rings. The number of para-hydroxylation sites is 1. The molecule has 1 saturated heterocycles. The van der Waals surface area contributed by atoms with Crippen LogP contribution in [0.25, 0.3) is 39.2 Å². The Bertz CT molecular complexity index is 1420. The molecule has 0 saturated carbocycles. The molecule has 33 heavy (non-hydrogen) atoms. The van der Waals surface area contributed by atoms with Gasteiger partial charge in [0, 0.05) is 43.3 Å². The van der Waals surface area contributed by atoms with E-state index in [1.54, 1.807) is 0 Å². The van der Waals surface area contributed by atoms with Crippen LogP contribution in [0.3, 0.4) is 0 Å². The summed E-state index contributed by atoms with van der Waals surface area (Å²) in [4.78, 5) is 21.6. The van der Waals surface area contributed by atoms with Crippen molar-refractivity contribution in [2.45, 2.75) is 0 Å². The number of pyridine rings is 1. The molecule has 1 amide bonds. The SMILES string of the molecule is CN1CCN(C(=O)c2ccc(-c3ccc4ncc(-c5cc6ccccc6o5)n4c3)cc2)CC1. The number of piperazine rings is 1. The summed E-state index contributed by atoms with van der Waals surface area (Å²) >= 11 is 0. The van der Waals surface area contributed by atoms with E-state index >= 15 is 0 Å². The number of fused-ring (bicyclic) bond motifs is 2. The molecule has 0 bridgehead atoms. The fourth-order valence-electron chi connectivity index (χ4n) is 4.44. The highest BCUT2D eigenvalue weighted by molar-refractivity contribution is 5.94. The van der Waals surface area contributed by atoms with Gasteiger partial charge in [-0.25, -0.2) is 4.98 Å². The lowest BCUT2D eigenvalue weighted by Gasteiger charge is -2.32. The van der Waals surface area contributed by atoms with Crippen LogP contribution in [0.5, 0.6) is 0 Å². The van der Waals surface area contributed by atoms with Crippen molar-refractivity contribution < 1.29 is 9.21 Å². The molecule has 0 N–H and O–H groups in total. The number of carbonyl (C=O) groups is 1. The summed E-state index contributed by atoms with van der Waals surface area (Å²) in [5.74, 6) is 0.890. The predicted molar refractivity (Wildman–Crippen MR) is 129 cm³/mol. The van der Waals surface area contributed by atoms with Gasteiger partial charge in [-0.2, -0.15) is 0 Å². The molecule has 6 nitrogen and oxygen atoms in total. The summed E-state index contributed by atoms with van der Waals surface area (Å²) in [6.07, 6.45) is 3.91. The van der Waals surface area contributed by atoms with Gasteiger partial charge < -0.3 is 14.2 Å². The molecule has 0 aliphatic carbocycles. The average molecular weight is 437 g/mol. The fraction of sp³-hybridized carbons (Fsp3) is 0.185. The molecule has 0 spiro atoms. The molecule has 6 rings (SSSR count). The van der Waals surface area contributed by atoms with Gasteiger partial charge in [-0.1, -0.05) is 30.3 Å². The van der Waals surface area contributed by atoms with Crippen LogP contribution >= 0.6 is 0 Å². The number of carbonyl (C=O) groups excluding carboxylic acids is 1. The first kappa shape index (κ1) is 19.8. The number of hydrogen-bond donors (Lipinski definition) is 0. The Morgan fingerprint density at radius 2 is 1.67 bits per heavy atom. The van der Waals surface area contributed by atoms with Gasteiger partial charge in [0.2, 0.25) is 0 Å². The minimum absolute atomic E-state index is 0.104. The molecule has 6 heteroatoms. The van der Waals surface area contributed by atoms with Crippen molar-refractivity contribution in [3.05, 3.63) is 84.7 Å². The van der Waals surface area contributed by atoms with Crippen molar-refractivity contribution in [2.75, 3.05) is 33.2 Å². The standard InChI is InChI=1S/C27H24N4O2/c1-29-12-14-30(15-13-29)27(32)20-8-6-19(7-9-20)22-10-11-26-28-17-23(31(26)18-22)25-16-21-4-2-3-5-24(21)33-25/h2-11,16-18H,12-15H2,1H3. The van der Waals surface area contributed by atoms with Gasteiger partial charge in [0.15, 0.2) is 5.76 Å². The molecule has 4 heterocycles. The molecule has 3 aromatic heterocycles. The quantitative estimate of drug-likeness (QED) is 0.408. The zero-order valence-electron chi connectivity index (χ0n) is 18.4. The van der Waals surface area contributed by atoms with Crippen molar-refractivity contribution in [2.24, 2.45) is 0 Å². The van der Waals surface area contributed by atoms with Crippen LogP contribution in [0.4, 0.5) is 0 Å². The zero-order valence-corrected chi connectivity index (χ0v) is 18.4. The highest BCUT2D eigenvalue weighted by Gasteiger charge is 2.20. The van der Waals surface area contributed by atoms with Gasteiger partial charge in [-0.3, -0.25) is 9.20 Å². The molecule has 164 valence electrons. The Hall–Kier alpha value is -3.90. The number of rotatable bonds is 3. The van der Waals surface area contributed by atoms with E-state index in [1.165, 1.54) is 0 Å². The largest absolute Gasteiger partial charge is 0.454 e. The van der Waals surface area contributed by atoms with Crippen LogP contribution < -0.4 is 0 Å². The lowest BCUT2D eigenvalue weighted by molar-refractivity contribution is 0.0664. The van der Waals surface area contributed by atoms with Gasteiger partial charge in [0.1, 0.15) is 16.9 Å². The third-order valence-corrected chi connectivity index (χ3v) is 6.44. The highest BCUT2D eigenvalue weighted by Crippen LogP contribution is 2.30. The third kappa shape index (κ3) is 3.58. The van der Waals surface area contributed by atoms with Gasteiger partial charge in [-0.05, 0) is 54.6 Å². The van der Waals surface area contributed by atoms with Crippen LogP contribution in [0, 0.1) is 0 Å². The second-order valence-corrected chi connectivity index (χ2v) is 8.61. The Morgan fingerprint density at radius 1 is 0.909 bits per heavy atom. The average Bonchev–Trinajstić information content (AvgIpc) is 3.47. The molecule has 0 unspecified atom stereocenters. The maximum Gasteiger partial charge on any atom is 0.253 e. The normalized spacial score (nSPS) is 14.9. The van der Waals surface area contributed by atoms with Crippen molar-refractivity contribution in [1.29, 1.82) is 0 Å². The number of imidazole rings is 1. The summed E-state index contributed by atoms with van der Waals surface area (Å²) in [6, 6.07) is 22.0. The van der Waals surface area contributed by atoms with E-state index in [4.69, 9.17) is 4.42 Å². The van der Waals surface area contributed by atoms with E-state index in [0.29, 0.717) is 0 Å². The number of nitrogens with zero attached hydrogens (tertiary/aromatic N) is 4. The first-order chi connectivity index (χ1) is 16.2. The van der Waals surface area contributed by atoms with E-state index in [9.17, 15) is 4.79 Å². The summed E-state index contributed by atoms with van der Waals surface area (Å²) < 4.78 is 8.12. The highest BCUT2D eigenvalue weighted by atomic mass is 16.3. The summed E-state index contributed by atoms with van der Waals surface area (Å²) in [7, 11) is 2.09. The van der Waals surface area contributed by atoms with Crippen LogP contribution in [0.15, 0.2) is 83.5 Å². The number of aromatic nitrogens is 2. The first-order valence-electron chi connectivity index (χ1n) is 11.2. The Morgan fingerprint density at radius 3 is 2.45 bits per heavy atom. The topological polar surface area (TPSA) is 54.0 Å². The second kappa shape index (κ2) is 7.90. The molecular formula is C27H24N4O2. The Kier molecular flexibility index (Phi) is 4.73. The van der Waals surface area contributed by atoms with Crippen LogP contribution in [0.1, 0.15) is 10.4 Å². The number of likely N-dealkylation sites (N-methyl/N-ethyl adjacent to an activating group) is 1. The molecule has 0 atom stereocenters. The van der Waals surface area contributed by atoms with Crippen LogP contribution in [0.2, 0.25) is 0 Å². The Labute approximate surface area is 191 Å². The molecule has 1 fully saturated rings. The molecule has 0 radical (unpaired) electrons. The fourth-order valence-corrected chi connectivity index (χ4v) is 4.44. The van der Waals surface area contributed by atoms with E-state index < -0.39 is 0 Å². The van der Waals surface area contributed by atoms with E-state index in [2.05, 4.69) is 33.6 Å². The van der Waals surface area contributed by atoms with Crippen molar-refractivity contribution >= 4 is 22.5 Å². The monoisotopic (exact) mass is 436 g/mol. The number of furan rings is 1. The lowest BCUT2D eigenvalue weighted by atomic mass is 10.0. The number of benzene rings is 2. The number of amides is 1. The van der Waals surface area contributed by atoms with E-state index in [0.717, 1.165) is 70.9 Å². The zero-order chi connectivity index (χ0) is 22.4. The van der Waals surface area contributed by atoms with Gasteiger partial charge >= 0.3 is 0 Å². The van der Waals surface area contributed by atoms with Gasteiger partial charge in [0.25, 0.3) is 5.91 Å². The van der Waals surface area contributed by atoms with Gasteiger partial charge in [-0.15, -0.1) is 0 Å².